The molecule has 0 aliphatic carbocycles. The summed E-state index contributed by atoms with van der Waals surface area (Å²) in [6, 6.07) is 7.53. The lowest BCUT2D eigenvalue weighted by molar-refractivity contribution is -0.111. The summed E-state index contributed by atoms with van der Waals surface area (Å²) in [5.41, 5.74) is 0.631. The van der Waals surface area contributed by atoms with Gasteiger partial charge < -0.3 is 20.1 Å². The van der Waals surface area contributed by atoms with E-state index in [1.807, 2.05) is 37.2 Å². The Balaban J connectivity index is 1.94. The van der Waals surface area contributed by atoms with Crippen LogP contribution in [0.1, 0.15) is 43.0 Å². The minimum absolute atomic E-state index is 0.0106. The van der Waals surface area contributed by atoms with E-state index in [1.165, 1.54) is 9.94 Å². The number of aldehydes is 1. The van der Waals surface area contributed by atoms with Crippen molar-refractivity contribution in [2.45, 2.75) is 49.6 Å². The normalized spacial score (nSPS) is 19.9. The number of aliphatic hydroxyl groups is 1. The van der Waals surface area contributed by atoms with E-state index in [1.54, 1.807) is 6.92 Å². The molecule has 2 rings (SSSR count). The van der Waals surface area contributed by atoms with Crippen LogP contribution in [0.2, 0.25) is 0 Å². The molecule has 3 atom stereocenters. The Kier molecular flexibility index (Phi) is 9.15. The highest BCUT2D eigenvalue weighted by Gasteiger charge is 2.20. The summed E-state index contributed by atoms with van der Waals surface area (Å²) >= 11 is 0. The Morgan fingerprint density at radius 1 is 1.39 bits per heavy atom. The molecule has 28 heavy (non-hydrogen) atoms. The van der Waals surface area contributed by atoms with Gasteiger partial charge in [-0.2, -0.15) is 10.9 Å². The highest BCUT2D eigenvalue weighted by Crippen LogP contribution is 2.42. The second-order valence-corrected chi connectivity index (χ2v) is 9.81. The molecule has 0 saturated carbocycles. The van der Waals surface area contributed by atoms with Crippen LogP contribution in [-0.4, -0.2) is 72.3 Å². The maximum atomic E-state index is 12.3. The molecule has 1 amide bonds. The Morgan fingerprint density at radius 3 is 2.86 bits per heavy atom. The van der Waals surface area contributed by atoms with Crippen LogP contribution in [0.3, 0.4) is 0 Å². The fourth-order valence-electron chi connectivity index (χ4n) is 3.24. The summed E-state index contributed by atoms with van der Waals surface area (Å²) in [4.78, 5) is 31.3. The standard InChI is InChI=1S/C21H33N3O3S/c1-16(14-25)23-21(27)17-7-6-9-19(13-17)28-12-11-22-20(28)10-5-4-8-18(15-26)24(2)3/h6-7,9,13,15-16,18,25,28H,4-5,8,10-12,14H2,1-3H3,(H,23,27). The first-order chi connectivity index (χ1) is 13.5. The average Bonchev–Trinajstić information content (AvgIpc) is 3.16. The summed E-state index contributed by atoms with van der Waals surface area (Å²) in [7, 11) is 3.39. The average molecular weight is 408 g/mol. The Morgan fingerprint density at radius 2 is 2.18 bits per heavy atom. The molecular formula is C21H33N3O3S. The minimum Gasteiger partial charge on any atom is -0.394 e. The van der Waals surface area contributed by atoms with Gasteiger partial charge in [0.15, 0.2) is 0 Å². The van der Waals surface area contributed by atoms with E-state index >= 15 is 0 Å². The van der Waals surface area contributed by atoms with E-state index in [4.69, 9.17) is 10.1 Å². The van der Waals surface area contributed by atoms with Gasteiger partial charge in [0.25, 0.3) is 5.91 Å². The first-order valence-electron chi connectivity index (χ1n) is 9.90. The number of aliphatic hydroxyl groups excluding tert-OH is 1. The largest absolute Gasteiger partial charge is 0.394 e. The van der Waals surface area contributed by atoms with Gasteiger partial charge in [-0.25, -0.2) is 0 Å². The fourth-order valence-corrected chi connectivity index (χ4v) is 5.61. The van der Waals surface area contributed by atoms with Crippen molar-refractivity contribution in [3.63, 3.8) is 0 Å². The van der Waals surface area contributed by atoms with E-state index in [-0.39, 0.29) is 24.6 Å². The van der Waals surface area contributed by atoms with Crippen molar-refractivity contribution in [3.8, 4) is 0 Å². The maximum Gasteiger partial charge on any atom is 0.251 e. The molecule has 2 N–H and O–H groups in total. The third-order valence-electron chi connectivity index (χ3n) is 4.97. The molecule has 156 valence electrons. The van der Waals surface area contributed by atoms with Gasteiger partial charge in [0, 0.05) is 23.9 Å². The van der Waals surface area contributed by atoms with Gasteiger partial charge in [-0.05, 0) is 63.4 Å². The molecule has 1 aromatic rings. The lowest BCUT2D eigenvalue weighted by Gasteiger charge is -2.20. The molecule has 0 bridgehead atoms. The van der Waals surface area contributed by atoms with Gasteiger partial charge in [-0.15, -0.1) is 0 Å². The van der Waals surface area contributed by atoms with E-state index in [0.29, 0.717) is 5.56 Å². The maximum absolute atomic E-state index is 12.3. The molecule has 0 saturated heterocycles. The summed E-state index contributed by atoms with van der Waals surface area (Å²) in [5, 5.41) is 13.2. The second-order valence-electron chi connectivity index (χ2n) is 7.47. The molecule has 1 aliphatic rings. The van der Waals surface area contributed by atoms with Crippen LogP contribution < -0.4 is 5.32 Å². The number of likely N-dealkylation sites (N-methyl/N-ethyl adjacent to an activating group) is 1. The van der Waals surface area contributed by atoms with Crippen molar-refractivity contribution in [1.82, 2.24) is 10.2 Å². The Labute approximate surface area is 170 Å². The van der Waals surface area contributed by atoms with Crippen LogP contribution in [0.4, 0.5) is 0 Å². The van der Waals surface area contributed by atoms with Crippen LogP contribution in [0.25, 0.3) is 0 Å². The zero-order valence-corrected chi connectivity index (χ0v) is 18.0. The summed E-state index contributed by atoms with van der Waals surface area (Å²) in [6.45, 7) is 2.56. The molecule has 1 heterocycles. The van der Waals surface area contributed by atoms with Crippen molar-refractivity contribution in [2.24, 2.45) is 4.99 Å². The fraction of sp³-hybridized carbons (Fsp3) is 0.571. The highest BCUT2D eigenvalue weighted by atomic mass is 32.2. The van der Waals surface area contributed by atoms with Gasteiger partial charge in [0.2, 0.25) is 0 Å². The number of rotatable bonds is 11. The van der Waals surface area contributed by atoms with Gasteiger partial charge in [-0.1, -0.05) is 12.5 Å². The summed E-state index contributed by atoms with van der Waals surface area (Å²) in [6.07, 6.45) is 4.90. The molecule has 1 aromatic carbocycles. The van der Waals surface area contributed by atoms with Crippen molar-refractivity contribution >= 4 is 28.1 Å². The molecule has 3 unspecified atom stereocenters. The van der Waals surface area contributed by atoms with Crippen LogP contribution in [-0.2, 0) is 4.79 Å². The van der Waals surface area contributed by atoms with E-state index in [9.17, 15) is 9.59 Å². The summed E-state index contributed by atoms with van der Waals surface area (Å²) in [5.74, 6) is 0.886. The van der Waals surface area contributed by atoms with Crippen LogP contribution in [0, 0.1) is 0 Å². The molecule has 7 heteroatoms. The van der Waals surface area contributed by atoms with Crippen LogP contribution >= 0.6 is 10.9 Å². The van der Waals surface area contributed by atoms with E-state index < -0.39 is 10.9 Å². The SMILES string of the molecule is CC(CO)NC(=O)c1cccc([SH]2CCN=C2CCCCC(C=O)N(C)C)c1. The van der Waals surface area contributed by atoms with Gasteiger partial charge in [0.1, 0.15) is 6.29 Å². The molecule has 0 aromatic heterocycles. The Bertz CT molecular complexity index is 693. The summed E-state index contributed by atoms with van der Waals surface area (Å²) < 4.78 is 0. The van der Waals surface area contributed by atoms with Gasteiger partial charge in [0.05, 0.1) is 17.7 Å². The molecular weight excluding hydrogens is 374 g/mol. The van der Waals surface area contributed by atoms with Crippen molar-refractivity contribution in [2.75, 3.05) is 33.0 Å². The zero-order chi connectivity index (χ0) is 20.5. The number of unbranched alkanes of at least 4 members (excludes halogenated alkanes) is 1. The number of amides is 1. The lowest BCUT2D eigenvalue weighted by atomic mass is 10.1. The molecule has 0 radical (unpaired) electrons. The van der Waals surface area contributed by atoms with Crippen molar-refractivity contribution < 1.29 is 14.7 Å². The number of benzene rings is 1. The zero-order valence-electron chi connectivity index (χ0n) is 17.1. The van der Waals surface area contributed by atoms with E-state index in [0.717, 1.165) is 44.3 Å². The van der Waals surface area contributed by atoms with Gasteiger partial charge in [-0.3, -0.25) is 9.79 Å². The minimum atomic E-state index is -0.476. The number of aliphatic imine (C=N–C) groups is 1. The second kappa shape index (κ2) is 11.3. The molecule has 0 fully saturated rings. The van der Waals surface area contributed by atoms with Crippen molar-refractivity contribution in [1.29, 1.82) is 0 Å². The molecule has 1 aliphatic heterocycles. The first kappa shape index (κ1) is 22.6. The quantitative estimate of drug-likeness (QED) is 0.299. The van der Waals surface area contributed by atoms with Crippen LogP contribution in [0.5, 0.6) is 0 Å². The van der Waals surface area contributed by atoms with Crippen molar-refractivity contribution in [3.05, 3.63) is 29.8 Å². The number of thiol groups is 1. The number of hydrogen-bond donors (Lipinski definition) is 3. The number of nitrogens with one attached hydrogen (secondary N) is 1. The Hall–Kier alpha value is -1.70. The number of nitrogens with zero attached hydrogens (tertiary/aromatic N) is 2. The number of carbonyl (C=O) groups excluding carboxylic acids is 2. The predicted octanol–water partition coefficient (Wildman–Crippen LogP) is 2.26. The molecule has 6 nitrogen and oxygen atoms in total. The van der Waals surface area contributed by atoms with Crippen LogP contribution in [0.15, 0.2) is 34.2 Å². The number of hydrogen-bond acceptors (Lipinski definition) is 5. The first-order valence-corrected chi connectivity index (χ1v) is 11.4. The monoisotopic (exact) mass is 407 g/mol. The third-order valence-corrected chi connectivity index (χ3v) is 7.51. The lowest BCUT2D eigenvalue weighted by Crippen LogP contribution is -2.34. The van der Waals surface area contributed by atoms with Gasteiger partial charge >= 0.3 is 0 Å². The number of carbonyl (C=O) groups is 2. The highest BCUT2D eigenvalue weighted by molar-refractivity contribution is 8.30. The van der Waals surface area contributed by atoms with E-state index in [2.05, 4.69) is 11.4 Å². The smallest absolute Gasteiger partial charge is 0.251 e. The topological polar surface area (TPSA) is 82.0 Å². The molecule has 0 spiro atoms. The predicted molar refractivity (Wildman–Crippen MR) is 117 cm³/mol. The third kappa shape index (κ3) is 6.43.